The van der Waals surface area contributed by atoms with Crippen molar-refractivity contribution in [3.63, 3.8) is 0 Å². The number of hydrogen-bond acceptors (Lipinski definition) is 3. The summed E-state index contributed by atoms with van der Waals surface area (Å²) in [6.45, 7) is 8.45. The molecule has 0 bridgehead atoms. The molecule has 4 nitrogen and oxygen atoms in total. The number of nitrogens with one attached hydrogen (secondary N) is 2. The van der Waals surface area contributed by atoms with Gasteiger partial charge in [-0.1, -0.05) is 13.8 Å². The van der Waals surface area contributed by atoms with Gasteiger partial charge in [0, 0.05) is 42.6 Å². The summed E-state index contributed by atoms with van der Waals surface area (Å²) >= 11 is 0. The number of piperidine rings is 1. The van der Waals surface area contributed by atoms with Gasteiger partial charge in [0.25, 0.3) is 0 Å². The third kappa shape index (κ3) is 2.39. The molecule has 1 unspecified atom stereocenters. The normalized spacial score (nSPS) is 45.6. The highest BCUT2D eigenvalue weighted by Gasteiger charge is 2.60. The lowest BCUT2D eigenvalue weighted by Gasteiger charge is -2.58. The van der Waals surface area contributed by atoms with Crippen molar-refractivity contribution in [2.24, 2.45) is 34.5 Å². The second kappa shape index (κ2) is 5.85. The third-order valence-corrected chi connectivity index (χ3v) is 8.26. The molecule has 4 heteroatoms. The standard InChI is InChI=1S/C21H32N2O2/c1-4-22-19(25)17-6-5-15-14-12-23-18-11-13(24)7-9-21(18,3)16(14)8-10-20(15,17)2/h11,14-17,23H,4-10,12H2,1-3H3,(H,22,25)/t14-,15-,16+,17?,20-,21+/m0/s1. The van der Waals surface area contributed by atoms with E-state index in [0.717, 1.165) is 32.4 Å². The van der Waals surface area contributed by atoms with Crippen molar-refractivity contribution in [2.75, 3.05) is 13.1 Å². The molecular weight excluding hydrogens is 312 g/mol. The zero-order valence-corrected chi connectivity index (χ0v) is 15.9. The van der Waals surface area contributed by atoms with Crippen molar-refractivity contribution in [2.45, 2.75) is 59.3 Å². The zero-order chi connectivity index (χ0) is 17.8. The Morgan fingerprint density at radius 1 is 1.24 bits per heavy atom. The van der Waals surface area contributed by atoms with Gasteiger partial charge in [-0.05, 0) is 62.2 Å². The summed E-state index contributed by atoms with van der Waals surface area (Å²) in [5.74, 6) is 2.63. The van der Waals surface area contributed by atoms with Gasteiger partial charge in [-0.25, -0.2) is 0 Å². The molecule has 138 valence electrons. The van der Waals surface area contributed by atoms with Gasteiger partial charge in [-0.15, -0.1) is 0 Å². The number of rotatable bonds is 2. The van der Waals surface area contributed by atoms with E-state index in [1.165, 1.54) is 18.5 Å². The largest absolute Gasteiger partial charge is 0.387 e. The topological polar surface area (TPSA) is 58.2 Å². The van der Waals surface area contributed by atoms with Crippen molar-refractivity contribution in [3.05, 3.63) is 11.8 Å². The SMILES string of the molecule is CCNC(=O)C1CC[C@H]2[C@@H]3CNC4=CC(=O)CC[C@]4(C)[C@@H]3CC[C@]12C. The predicted molar refractivity (Wildman–Crippen MR) is 97.7 cm³/mol. The van der Waals surface area contributed by atoms with Crippen LogP contribution in [0.1, 0.15) is 59.3 Å². The van der Waals surface area contributed by atoms with Crippen molar-refractivity contribution in [3.8, 4) is 0 Å². The van der Waals surface area contributed by atoms with Crippen LogP contribution in [-0.4, -0.2) is 24.8 Å². The average molecular weight is 344 g/mol. The van der Waals surface area contributed by atoms with Crippen LogP contribution in [-0.2, 0) is 9.59 Å². The monoisotopic (exact) mass is 344 g/mol. The fourth-order valence-electron chi connectivity index (χ4n) is 6.87. The Morgan fingerprint density at radius 2 is 2.04 bits per heavy atom. The quantitative estimate of drug-likeness (QED) is 0.809. The van der Waals surface area contributed by atoms with Crippen LogP contribution < -0.4 is 10.6 Å². The second-order valence-corrected chi connectivity index (χ2v) is 9.27. The maximum Gasteiger partial charge on any atom is 0.223 e. The first-order chi connectivity index (χ1) is 11.9. The second-order valence-electron chi connectivity index (χ2n) is 9.27. The van der Waals surface area contributed by atoms with Crippen molar-refractivity contribution in [1.29, 1.82) is 0 Å². The van der Waals surface area contributed by atoms with Crippen LogP contribution in [0.25, 0.3) is 0 Å². The minimum absolute atomic E-state index is 0.127. The van der Waals surface area contributed by atoms with Crippen molar-refractivity contribution < 1.29 is 9.59 Å². The summed E-state index contributed by atoms with van der Waals surface area (Å²) < 4.78 is 0. The smallest absolute Gasteiger partial charge is 0.223 e. The molecule has 0 aromatic rings. The summed E-state index contributed by atoms with van der Waals surface area (Å²) in [7, 11) is 0. The summed E-state index contributed by atoms with van der Waals surface area (Å²) in [5.41, 5.74) is 1.46. The minimum atomic E-state index is 0.127. The molecule has 4 aliphatic rings. The Morgan fingerprint density at radius 3 is 2.80 bits per heavy atom. The average Bonchev–Trinajstić information content (AvgIpc) is 2.93. The van der Waals surface area contributed by atoms with Gasteiger partial charge >= 0.3 is 0 Å². The molecule has 1 amide bonds. The highest BCUT2D eigenvalue weighted by atomic mass is 16.2. The van der Waals surface area contributed by atoms with Gasteiger partial charge in [-0.3, -0.25) is 9.59 Å². The molecule has 4 rings (SSSR count). The molecule has 0 spiro atoms. The zero-order valence-electron chi connectivity index (χ0n) is 15.9. The molecule has 25 heavy (non-hydrogen) atoms. The molecule has 3 fully saturated rings. The fraction of sp³-hybridized carbons (Fsp3) is 0.810. The minimum Gasteiger partial charge on any atom is -0.387 e. The number of amides is 1. The Bertz CT molecular complexity index is 627. The molecular formula is C21H32N2O2. The Labute approximate surface area is 151 Å². The van der Waals surface area contributed by atoms with E-state index in [4.69, 9.17) is 0 Å². The molecule has 0 radical (unpaired) electrons. The number of ketones is 1. The number of allylic oxidation sites excluding steroid dienone is 2. The maximum atomic E-state index is 12.6. The summed E-state index contributed by atoms with van der Waals surface area (Å²) in [5, 5.41) is 6.70. The van der Waals surface area contributed by atoms with Gasteiger partial charge in [0.1, 0.15) is 0 Å². The van der Waals surface area contributed by atoms with E-state index >= 15 is 0 Å². The van der Waals surface area contributed by atoms with Crippen LogP contribution in [0.3, 0.4) is 0 Å². The summed E-state index contributed by atoms with van der Waals surface area (Å²) in [6.07, 6.45) is 8.10. The van der Waals surface area contributed by atoms with Gasteiger partial charge in [0.05, 0.1) is 0 Å². The third-order valence-electron chi connectivity index (χ3n) is 8.26. The summed E-state index contributed by atoms with van der Waals surface area (Å²) in [4.78, 5) is 24.5. The van der Waals surface area contributed by atoms with Crippen LogP contribution in [0.5, 0.6) is 0 Å². The van der Waals surface area contributed by atoms with Crippen LogP contribution in [0.4, 0.5) is 0 Å². The lowest BCUT2D eigenvalue weighted by Crippen LogP contribution is -2.57. The number of carbonyl (C=O) groups excluding carboxylic acids is 2. The fourth-order valence-corrected chi connectivity index (χ4v) is 6.87. The lowest BCUT2D eigenvalue weighted by molar-refractivity contribution is -0.132. The molecule has 2 saturated carbocycles. The van der Waals surface area contributed by atoms with Crippen molar-refractivity contribution in [1.82, 2.24) is 10.6 Å². The van der Waals surface area contributed by atoms with E-state index in [9.17, 15) is 9.59 Å². The first-order valence-corrected chi connectivity index (χ1v) is 10.2. The molecule has 1 saturated heterocycles. The van der Waals surface area contributed by atoms with Crippen LogP contribution in [0, 0.1) is 34.5 Å². The van der Waals surface area contributed by atoms with Gasteiger partial charge < -0.3 is 10.6 Å². The van der Waals surface area contributed by atoms with E-state index in [-0.39, 0.29) is 28.4 Å². The van der Waals surface area contributed by atoms with Gasteiger partial charge in [0.2, 0.25) is 5.91 Å². The van der Waals surface area contributed by atoms with Gasteiger partial charge in [0.15, 0.2) is 5.78 Å². The molecule has 0 aromatic heterocycles. The molecule has 3 aliphatic carbocycles. The van der Waals surface area contributed by atoms with E-state index in [2.05, 4.69) is 24.5 Å². The maximum absolute atomic E-state index is 12.6. The first kappa shape index (κ1) is 17.1. The van der Waals surface area contributed by atoms with E-state index in [1.807, 2.05) is 13.0 Å². The number of hydrogen-bond donors (Lipinski definition) is 2. The highest BCUT2D eigenvalue weighted by Crippen LogP contribution is 2.64. The molecule has 6 atom stereocenters. The molecule has 0 aromatic carbocycles. The lowest BCUT2D eigenvalue weighted by atomic mass is 9.50. The summed E-state index contributed by atoms with van der Waals surface area (Å²) in [6, 6.07) is 0. The van der Waals surface area contributed by atoms with E-state index < -0.39 is 0 Å². The van der Waals surface area contributed by atoms with E-state index in [0.29, 0.717) is 24.2 Å². The Balaban J connectivity index is 1.61. The Kier molecular flexibility index (Phi) is 4.01. The Hall–Kier alpha value is -1.32. The molecule has 2 N–H and O–H groups in total. The molecule has 1 aliphatic heterocycles. The predicted octanol–water partition coefficient (Wildman–Crippen LogP) is 3.04. The van der Waals surface area contributed by atoms with Crippen molar-refractivity contribution >= 4 is 11.7 Å². The van der Waals surface area contributed by atoms with Crippen LogP contribution >= 0.6 is 0 Å². The highest BCUT2D eigenvalue weighted by molar-refractivity contribution is 5.91. The van der Waals surface area contributed by atoms with Crippen LogP contribution in [0.15, 0.2) is 11.8 Å². The molecule has 1 heterocycles. The van der Waals surface area contributed by atoms with Crippen LogP contribution in [0.2, 0.25) is 0 Å². The van der Waals surface area contributed by atoms with Gasteiger partial charge in [-0.2, -0.15) is 0 Å². The number of fused-ring (bicyclic) bond motifs is 5. The van der Waals surface area contributed by atoms with E-state index in [1.54, 1.807) is 0 Å². The first-order valence-electron chi connectivity index (χ1n) is 10.2. The number of carbonyl (C=O) groups is 2.